The van der Waals surface area contributed by atoms with Gasteiger partial charge >= 0.3 is 7.82 Å². The molecular formula is C23H26FN6O9P. The Morgan fingerprint density at radius 1 is 1.15 bits per heavy atom. The first-order chi connectivity index (χ1) is 21.1. The van der Waals surface area contributed by atoms with Crippen LogP contribution in [0.1, 0.15) is 22.1 Å². The van der Waals surface area contributed by atoms with Crippen LogP contribution in [0.3, 0.4) is 0 Å². The maximum Gasteiger partial charge on any atom is 0.471 e. The molecule has 15 nitrogen and oxygen atoms in total. The Hall–Kier alpha value is -4.24. The van der Waals surface area contributed by atoms with Gasteiger partial charge in [-0.2, -0.15) is 4.98 Å². The van der Waals surface area contributed by atoms with Gasteiger partial charge in [0.25, 0.3) is 5.91 Å². The Morgan fingerprint density at radius 2 is 1.88 bits per heavy atom. The summed E-state index contributed by atoms with van der Waals surface area (Å²) in [6.45, 7) is 1.99. The van der Waals surface area contributed by atoms with Crippen molar-refractivity contribution in [1.82, 2.24) is 15.0 Å². The molecular weight excluding hydrogens is 554 g/mol. The lowest BCUT2D eigenvalue weighted by molar-refractivity contribution is -0.133. The van der Waals surface area contributed by atoms with E-state index in [2.05, 4.69) is 30.1 Å². The van der Waals surface area contributed by atoms with Crippen molar-refractivity contribution in [3.8, 4) is 23.0 Å². The fourth-order valence-corrected chi connectivity index (χ4v) is 3.78. The zero-order valence-electron chi connectivity index (χ0n) is 27.0. The second kappa shape index (κ2) is 11.1. The van der Waals surface area contributed by atoms with Gasteiger partial charge in [0.05, 0.1) is 35.6 Å². The molecule has 0 aliphatic carbocycles. The van der Waals surface area contributed by atoms with E-state index < -0.39 is 63.3 Å². The molecule has 0 saturated heterocycles. The highest BCUT2D eigenvalue weighted by Crippen LogP contribution is 2.42. The number of hydrogen-bond acceptors (Lipinski definition) is 12. The van der Waals surface area contributed by atoms with E-state index in [0.717, 1.165) is 17.2 Å². The summed E-state index contributed by atoms with van der Waals surface area (Å²) in [7, 11) is -9.80. The van der Waals surface area contributed by atoms with Gasteiger partial charge in [0.2, 0.25) is 11.7 Å². The molecule has 4 rings (SSSR count). The van der Waals surface area contributed by atoms with Crippen LogP contribution in [0.25, 0.3) is 0 Å². The zero-order chi connectivity index (χ0) is 34.2. The van der Waals surface area contributed by atoms with Crippen molar-refractivity contribution in [2.45, 2.75) is 19.4 Å². The van der Waals surface area contributed by atoms with Crippen molar-refractivity contribution in [2.75, 3.05) is 43.5 Å². The number of fused-ring (bicyclic) bond motifs is 1. The molecule has 0 bridgehead atoms. The van der Waals surface area contributed by atoms with Crippen LogP contribution < -0.4 is 34.5 Å². The summed E-state index contributed by atoms with van der Waals surface area (Å²) in [5.41, 5.74) is -1.41. The fraction of sp³-hybridized carbons (Fsp3) is 0.304. The van der Waals surface area contributed by atoms with Gasteiger partial charge in [-0.15, -0.1) is 0 Å². The largest absolute Gasteiger partial charge is 0.493 e. The average Bonchev–Trinajstić information content (AvgIpc) is 2.90. The summed E-state index contributed by atoms with van der Waals surface area (Å²) in [6.07, 6.45) is 0.786. The molecule has 3 aromatic rings. The third kappa shape index (κ3) is 6.15. The molecule has 0 fully saturated rings. The summed E-state index contributed by atoms with van der Waals surface area (Å²) in [5, 5.41) is 5.30. The minimum absolute atomic E-state index is 0.0254. The third-order valence-corrected chi connectivity index (χ3v) is 5.73. The number of methoxy groups -OCH3 is 3. The number of pyridine rings is 1. The Kier molecular flexibility index (Phi) is 5.98. The van der Waals surface area contributed by atoms with E-state index in [1.165, 1.54) is 39.2 Å². The lowest BCUT2D eigenvalue weighted by Crippen LogP contribution is -2.53. The highest BCUT2D eigenvalue weighted by molar-refractivity contribution is 7.46. The zero-order valence-corrected chi connectivity index (χ0v) is 21.9. The van der Waals surface area contributed by atoms with E-state index in [1.807, 2.05) is 0 Å². The molecule has 2 aromatic heterocycles. The van der Waals surface area contributed by atoms with Crippen LogP contribution in [0.5, 0.6) is 23.0 Å². The lowest BCUT2D eigenvalue weighted by Gasteiger charge is -2.37. The molecule has 214 valence electrons. The summed E-state index contributed by atoms with van der Waals surface area (Å²) in [6, 6.07) is 5.04. The Balaban J connectivity index is 1.65. The maximum absolute atomic E-state index is 14.8. The summed E-state index contributed by atoms with van der Waals surface area (Å²) >= 11 is 0. The van der Waals surface area contributed by atoms with Gasteiger partial charge in [0.1, 0.15) is 12.5 Å². The molecule has 0 saturated carbocycles. The number of anilines is 5. The van der Waals surface area contributed by atoms with Crippen LogP contribution >= 0.6 is 7.82 Å². The summed E-state index contributed by atoms with van der Waals surface area (Å²) < 4.78 is 95.7. The van der Waals surface area contributed by atoms with E-state index in [4.69, 9.17) is 37.0 Å². The summed E-state index contributed by atoms with van der Waals surface area (Å²) in [4.78, 5) is 44.1. The Labute approximate surface area is 235 Å². The predicted molar refractivity (Wildman–Crippen MR) is 139 cm³/mol. The number of carbonyl (C=O) groups is 1. The van der Waals surface area contributed by atoms with Crippen LogP contribution in [0.4, 0.5) is 33.5 Å². The second-order valence-electron chi connectivity index (χ2n) is 8.46. The van der Waals surface area contributed by atoms with Crippen molar-refractivity contribution < 1.29 is 55.2 Å². The van der Waals surface area contributed by atoms with E-state index >= 15 is 0 Å². The van der Waals surface area contributed by atoms with Gasteiger partial charge in [-0.3, -0.25) is 14.2 Å². The number of phosphoric ester groups is 1. The standard InChI is InChI=1S/C23H26FN6O9P/c1-23(2)21(31)30(11-38-40(32,33)34)20-14(39-23)6-7-17(28-20)27-19-13(24)10-25-22(29-19)26-12-8-15(35-3)18(37-5)16(9-12)36-4/h6-10H,11H2,1-5H3,(H2,32,33,34)(H2,25,26,27,28,29)/i3D3,5D3. The first kappa shape index (κ1) is 21.6. The van der Waals surface area contributed by atoms with Gasteiger partial charge < -0.3 is 39.4 Å². The molecule has 0 radical (unpaired) electrons. The van der Waals surface area contributed by atoms with E-state index in [9.17, 15) is 13.8 Å². The number of aromatic nitrogens is 3. The third-order valence-electron chi connectivity index (χ3n) is 5.27. The number of rotatable bonds is 10. The van der Waals surface area contributed by atoms with E-state index in [0.29, 0.717) is 0 Å². The quantitative estimate of drug-likeness (QED) is 0.254. The van der Waals surface area contributed by atoms with Crippen LogP contribution in [0, 0.1) is 5.82 Å². The number of ether oxygens (including phenoxy) is 4. The van der Waals surface area contributed by atoms with Crippen molar-refractivity contribution in [1.29, 1.82) is 0 Å². The van der Waals surface area contributed by atoms with Crippen LogP contribution in [-0.2, 0) is 13.9 Å². The molecule has 1 aromatic carbocycles. The molecule has 1 aliphatic heterocycles. The highest BCUT2D eigenvalue weighted by Gasteiger charge is 2.42. The van der Waals surface area contributed by atoms with E-state index in [-0.39, 0.29) is 34.8 Å². The topological polar surface area (TPSA) is 187 Å². The number of halogens is 1. The smallest absolute Gasteiger partial charge is 0.471 e. The number of phosphoric acid groups is 1. The molecule has 4 N–H and O–H groups in total. The first-order valence-corrected chi connectivity index (χ1v) is 12.6. The molecule has 0 atom stereocenters. The number of nitrogens with zero attached hydrogens (tertiary/aromatic N) is 4. The van der Waals surface area contributed by atoms with Gasteiger partial charge in [-0.25, -0.2) is 18.9 Å². The number of benzene rings is 1. The van der Waals surface area contributed by atoms with Gasteiger partial charge in [0, 0.05) is 17.8 Å². The number of carbonyl (C=O) groups excluding carboxylic acids is 1. The number of hydrogen-bond donors (Lipinski definition) is 4. The normalized spacial score (nSPS) is 17.1. The highest BCUT2D eigenvalue weighted by atomic mass is 31.2. The van der Waals surface area contributed by atoms with Crippen LogP contribution in [0.2, 0.25) is 0 Å². The molecule has 17 heteroatoms. The van der Waals surface area contributed by atoms with Gasteiger partial charge in [-0.1, -0.05) is 0 Å². The second-order valence-corrected chi connectivity index (χ2v) is 9.70. The Morgan fingerprint density at radius 3 is 2.55 bits per heavy atom. The van der Waals surface area contributed by atoms with Crippen molar-refractivity contribution in [2.24, 2.45) is 0 Å². The molecule has 3 heterocycles. The Bertz CT molecular complexity index is 1690. The monoisotopic (exact) mass is 586 g/mol. The predicted octanol–water partition coefficient (Wildman–Crippen LogP) is 3.09. The first-order valence-electron chi connectivity index (χ1n) is 14.0. The van der Waals surface area contributed by atoms with Crippen molar-refractivity contribution >= 4 is 42.8 Å². The number of amides is 1. The molecule has 1 aliphatic rings. The summed E-state index contributed by atoms with van der Waals surface area (Å²) in [5.74, 6) is -3.85. The maximum atomic E-state index is 14.8. The SMILES string of the molecule is [2H]C([2H])([2H])Oc1cc(Nc2ncc(F)c(Nc3ccc4c(n3)N(COP(=O)(O)O)C(=O)C(C)(C)O4)n2)cc(OC)c1OC([2H])([2H])[2H]. The van der Waals surface area contributed by atoms with E-state index in [1.54, 1.807) is 0 Å². The molecule has 0 spiro atoms. The average molecular weight is 587 g/mol. The molecule has 1 amide bonds. The van der Waals surface area contributed by atoms with Gasteiger partial charge in [0.15, 0.2) is 40.3 Å². The minimum atomic E-state index is -4.98. The van der Waals surface area contributed by atoms with Crippen LogP contribution in [0.15, 0.2) is 30.5 Å². The molecule has 0 unspecified atom stereocenters. The van der Waals surface area contributed by atoms with Crippen molar-refractivity contribution in [3.63, 3.8) is 0 Å². The fourth-order valence-electron chi connectivity index (χ4n) is 3.51. The molecule has 40 heavy (non-hydrogen) atoms. The number of nitrogens with one attached hydrogen (secondary N) is 2. The van der Waals surface area contributed by atoms with Crippen LogP contribution in [-0.4, -0.2) is 64.2 Å². The van der Waals surface area contributed by atoms with Crippen molar-refractivity contribution in [3.05, 3.63) is 36.3 Å². The lowest BCUT2D eigenvalue weighted by atomic mass is 10.1. The van der Waals surface area contributed by atoms with Gasteiger partial charge in [-0.05, 0) is 26.0 Å². The minimum Gasteiger partial charge on any atom is -0.493 e.